The predicted molar refractivity (Wildman–Crippen MR) is 121 cm³/mol. The highest BCUT2D eigenvalue weighted by Crippen LogP contribution is 2.55. The first-order chi connectivity index (χ1) is 13.4. The highest BCUT2D eigenvalue weighted by atomic mass is 16.5. The van der Waals surface area contributed by atoms with Crippen LogP contribution in [0.25, 0.3) is 0 Å². The zero-order chi connectivity index (χ0) is 20.2. The standard InChI is InChI=1S/C26H47NO/c1-21(24-9-7-6-8-10-24)11-12-22(2)25(14-15-25)19-27(4)18-13-23(3)26(16-17-26)20-28-5/h9,21-23H,6-8,10-20H2,1-5H3. The van der Waals surface area contributed by atoms with Gasteiger partial charge < -0.3 is 9.64 Å². The Morgan fingerprint density at radius 1 is 0.964 bits per heavy atom. The van der Waals surface area contributed by atoms with Gasteiger partial charge in [-0.1, -0.05) is 32.4 Å². The van der Waals surface area contributed by atoms with E-state index in [1.165, 1.54) is 83.7 Å². The quantitative estimate of drug-likeness (QED) is 0.325. The fourth-order valence-electron chi connectivity index (χ4n) is 5.83. The van der Waals surface area contributed by atoms with E-state index < -0.39 is 0 Å². The molecule has 3 unspecified atom stereocenters. The largest absolute Gasteiger partial charge is 0.384 e. The van der Waals surface area contributed by atoms with Gasteiger partial charge in [0.2, 0.25) is 0 Å². The second-order valence-corrected chi connectivity index (χ2v) is 11.0. The van der Waals surface area contributed by atoms with Gasteiger partial charge in [0.15, 0.2) is 0 Å². The van der Waals surface area contributed by atoms with Gasteiger partial charge in [-0.05, 0) is 113 Å². The van der Waals surface area contributed by atoms with Gasteiger partial charge >= 0.3 is 0 Å². The Labute approximate surface area is 175 Å². The van der Waals surface area contributed by atoms with E-state index in [9.17, 15) is 0 Å². The molecule has 28 heavy (non-hydrogen) atoms. The first-order valence-electron chi connectivity index (χ1n) is 12.3. The molecule has 3 rings (SSSR count). The molecule has 0 aromatic rings. The number of hydrogen-bond acceptors (Lipinski definition) is 2. The van der Waals surface area contributed by atoms with Gasteiger partial charge in [0.1, 0.15) is 0 Å². The van der Waals surface area contributed by atoms with Gasteiger partial charge in [-0.2, -0.15) is 0 Å². The molecule has 0 saturated heterocycles. The zero-order valence-corrected chi connectivity index (χ0v) is 19.6. The van der Waals surface area contributed by atoms with E-state index in [0.29, 0.717) is 10.8 Å². The highest BCUT2D eigenvalue weighted by molar-refractivity contribution is 5.09. The topological polar surface area (TPSA) is 12.5 Å². The molecule has 3 aliphatic carbocycles. The first kappa shape index (κ1) is 22.3. The van der Waals surface area contributed by atoms with Crippen molar-refractivity contribution in [2.24, 2.45) is 28.6 Å². The third-order valence-corrected chi connectivity index (χ3v) is 8.83. The Morgan fingerprint density at radius 3 is 2.21 bits per heavy atom. The van der Waals surface area contributed by atoms with Crippen LogP contribution in [0.3, 0.4) is 0 Å². The Morgan fingerprint density at radius 2 is 1.64 bits per heavy atom. The minimum absolute atomic E-state index is 0.518. The molecule has 2 saturated carbocycles. The summed E-state index contributed by atoms with van der Waals surface area (Å²) in [5, 5.41) is 0. The average Bonchev–Trinajstić information content (AvgIpc) is 3.62. The third kappa shape index (κ3) is 5.63. The summed E-state index contributed by atoms with van der Waals surface area (Å²) >= 11 is 0. The average molecular weight is 390 g/mol. The number of allylic oxidation sites excluding steroid dienone is 2. The van der Waals surface area contributed by atoms with Gasteiger partial charge in [0, 0.05) is 13.7 Å². The molecule has 0 radical (unpaired) electrons. The summed E-state index contributed by atoms with van der Waals surface area (Å²) < 4.78 is 5.49. The summed E-state index contributed by atoms with van der Waals surface area (Å²) in [6, 6.07) is 0. The molecule has 0 bridgehead atoms. The van der Waals surface area contributed by atoms with Crippen molar-refractivity contribution in [3.63, 3.8) is 0 Å². The lowest BCUT2D eigenvalue weighted by Gasteiger charge is -2.31. The van der Waals surface area contributed by atoms with Crippen LogP contribution in [-0.2, 0) is 4.74 Å². The van der Waals surface area contributed by atoms with Gasteiger partial charge in [-0.15, -0.1) is 0 Å². The second-order valence-electron chi connectivity index (χ2n) is 11.0. The van der Waals surface area contributed by atoms with E-state index in [4.69, 9.17) is 4.74 Å². The summed E-state index contributed by atoms with van der Waals surface area (Å²) in [6.07, 6.45) is 17.9. The van der Waals surface area contributed by atoms with Crippen molar-refractivity contribution in [2.75, 3.05) is 33.9 Å². The van der Waals surface area contributed by atoms with Gasteiger partial charge in [-0.25, -0.2) is 0 Å². The maximum Gasteiger partial charge on any atom is 0.0521 e. The van der Waals surface area contributed by atoms with Crippen LogP contribution in [0.15, 0.2) is 11.6 Å². The van der Waals surface area contributed by atoms with Crippen LogP contribution >= 0.6 is 0 Å². The molecule has 0 heterocycles. The van der Waals surface area contributed by atoms with E-state index in [1.807, 2.05) is 7.11 Å². The van der Waals surface area contributed by atoms with Crippen LogP contribution in [-0.4, -0.2) is 38.8 Å². The molecular formula is C26H47NO. The van der Waals surface area contributed by atoms with Crippen LogP contribution in [0, 0.1) is 28.6 Å². The summed E-state index contributed by atoms with van der Waals surface area (Å²) in [5.74, 6) is 2.49. The van der Waals surface area contributed by atoms with Crippen molar-refractivity contribution in [1.29, 1.82) is 0 Å². The predicted octanol–water partition coefficient (Wildman–Crippen LogP) is 6.70. The molecule has 162 valence electrons. The Hall–Kier alpha value is -0.340. The van der Waals surface area contributed by atoms with Crippen LogP contribution in [0.4, 0.5) is 0 Å². The summed E-state index contributed by atoms with van der Waals surface area (Å²) in [6.45, 7) is 11.0. The molecule has 0 spiro atoms. The van der Waals surface area contributed by atoms with Crippen LogP contribution in [0.5, 0.6) is 0 Å². The van der Waals surface area contributed by atoms with Crippen molar-refractivity contribution in [2.45, 2.75) is 91.4 Å². The fraction of sp³-hybridized carbons (Fsp3) is 0.923. The number of methoxy groups -OCH3 is 1. The summed E-state index contributed by atoms with van der Waals surface area (Å²) in [5.41, 5.74) is 2.91. The SMILES string of the molecule is COCC1(C(C)CCN(C)CC2(C(C)CCC(C)C3=CCCCC3)CC2)CC1. The molecule has 0 amide bonds. The molecule has 0 aromatic carbocycles. The normalized spacial score (nSPS) is 25.9. The van der Waals surface area contributed by atoms with E-state index in [0.717, 1.165) is 24.4 Å². The van der Waals surface area contributed by atoms with Gasteiger partial charge in [-0.3, -0.25) is 0 Å². The lowest BCUT2D eigenvalue weighted by atomic mass is 9.81. The second kappa shape index (κ2) is 9.65. The molecule has 2 heteroatoms. The van der Waals surface area contributed by atoms with Crippen molar-refractivity contribution < 1.29 is 4.74 Å². The number of hydrogen-bond donors (Lipinski definition) is 0. The minimum atomic E-state index is 0.518. The highest BCUT2D eigenvalue weighted by Gasteiger charge is 2.48. The Bertz CT molecular complexity index is 517. The minimum Gasteiger partial charge on any atom is -0.384 e. The first-order valence-corrected chi connectivity index (χ1v) is 12.3. The van der Waals surface area contributed by atoms with E-state index >= 15 is 0 Å². The molecule has 0 aliphatic heterocycles. The lowest BCUT2D eigenvalue weighted by Crippen LogP contribution is -2.33. The number of rotatable bonds is 13. The monoisotopic (exact) mass is 389 g/mol. The van der Waals surface area contributed by atoms with Crippen LogP contribution < -0.4 is 0 Å². The lowest BCUT2D eigenvalue weighted by molar-refractivity contribution is 0.0997. The molecule has 0 aromatic heterocycles. The molecule has 0 N–H and O–H groups in total. The van der Waals surface area contributed by atoms with Crippen molar-refractivity contribution in [3.8, 4) is 0 Å². The molecule has 2 nitrogen and oxygen atoms in total. The molecular weight excluding hydrogens is 342 g/mol. The smallest absolute Gasteiger partial charge is 0.0521 e. The van der Waals surface area contributed by atoms with Crippen molar-refractivity contribution in [3.05, 3.63) is 11.6 Å². The van der Waals surface area contributed by atoms with E-state index in [1.54, 1.807) is 5.57 Å². The van der Waals surface area contributed by atoms with Crippen molar-refractivity contribution in [1.82, 2.24) is 4.90 Å². The number of ether oxygens (including phenoxy) is 1. The fourth-order valence-corrected chi connectivity index (χ4v) is 5.83. The Balaban J connectivity index is 1.38. The summed E-state index contributed by atoms with van der Waals surface area (Å²) in [4.78, 5) is 2.65. The maximum absolute atomic E-state index is 5.49. The van der Waals surface area contributed by atoms with Gasteiger partial charge in [0.25, 0.3) is 0 Å². The van der Waals surface area contributed by atoms with Crippen LogP contribution in [0.2, 0.25) is 0 Å². The van der Waals surface area contributed by atoms with Crippen molar-refractivity contribution >= 4 is 0 Å². The third-order valence-electron chi connectivity index (χ3n) is 8.83. The maximum atomic E-state index is 5.49. The van der Waals surface area contributed by atoms with Crippen LogP contribution in [0.1, 0.15) is 91.4 Å². The molecule has 2 fully saturated rings. The molecule has 3 atom stereocenters. The van der Waals surface area contributed by atoms with E-state index in [-0.39, 0.29) is 0 Å². The zero-order valence-electron chi connectivity index (χ0n) is 19.6. The summed E-state index contributed by atoms with van der Waals surface area (Å²) in [7, 11) is 4.23. The Kier molecular flexibility index (Phi) is 7.70. The van der Waals surface area contributed by atoms with Gasteiger partial charge in [0.05, 0.1) is 6.61 Å². The number of nitrogens with zero attached hydrogens (tertiary/aromatic N) is 1. The molecule has 3 aliphatic rings. The van der Waals surface area contributed by atoms with E-state index in [2.05, 4.69) is 38.8 Å².